The van der Waals surface area contributed by atoms with Crippen molar-refractivity contribution in [2.75, 3.05) is 20.3 Å². The van der Waals surface area contributed by atoms with Gasteiger partial charge in [-0.15, -0.1) is 0 Å². The lowest BCUT2D eigenvalue weighted by Gasteiger charge is -2.12. The molecule has 0 heterocycles. The number of nitrogens with one attached hydrogen (secondary N) is 1. The Labute approximate surface area is 133 Å². The molecule has 0 bridgehead atoms. The first-order valence-corrected chi connectivity index (χ1v) is 7.18. The van der Waals surface area contributed by atoms with E-state index in [-0.39, 0.29) is 13.2 Å². The van der Waals surface area contributed by atoms with Crippen molar-refractivity contribution < 1.29 is 23.4 Å². The molecule has 23 heavy (non-hydrogen) atoms. The molecule has 0 aliphatic heterocycles. The Morgan fingerprint density at radius 2 is 1.65 bits per heavy atom. The second-order valence-corrected chi connectivity index (χ2v) is 4.94. The van der Waals surface area contributed by atoms with Gasteiger partial charge in [0.15, 0.2) is 11.5 Å². The van der Waals surface area contributed by atoms with Gasteiger partial charge in [0.05, 0.1) is 13.7 Å². The number of ether oxygens (including phenoxy) is 2. The smallest absolute Gasteiger partial charge is 0.161 e. The average Bonchev–Trinajstić information content (AvgIpc) is 2.52. The van der Waals surface area contributed by atoms with Gasteiger partial charge in [-0.1, -0.05) is 6.07 Å². The van der Waals surface area contributed by atoms with Crippen molar-refractivity contribution in [3.05, 3.63) is 59.2 Å². The van der Waals surface area contributed by atoms with Crippen LogP contribution < -0.4 is 14.8 Å². The van der Waals surface area contributed by atoms with E-state index >= 15 is 0 Å². The van der Waals surface area contributed by atoms with E-state index in [9.17, 15) is 8.78 Å². The quantitative estimate of drug-likeness (QED) is 0.784. The Hall–Kier alpha value is -2.18. The van der Waals surface area contributed by atoms with Crippen molar-refractivity contribution in [3.8, 4) is 11.5 Å². The highest BCUT2D eigenvalue weighted by molar-refractivity contribution is 5.43. The summed E-state index contributed by atoms with van der Waals surface area (Å²) in [5, 5.41) is 11.9. The van der Waals surface area contributed by atoms with Crippen LogP contribution in [-0.2, 0) is 13.1 Å². The van der Waals surface area contributed by atoms with Gasteiger partial charge < -0.3 is 19.9 Å². The first-order valence-electron chi connectivity index (χ1n) is 7.18. The molecule has 0 aromatic heterocycles. The predicted octanol–water partition coefficient (Wildman–Crippen LogP) is 2.63. The molecule has 6 heteroatoms. The molecule has 0 spiro atoms. The summed E-state index contributed by atoms with van der Waals surface area (Å²) in [6.07, 6.45) is 0. The molecule has 0 unspecified atom stereocenters. The van der Waals surface area contributed by atoms with E-state index in [1.807, 2.05) is 12.1 Å². The van der Waals surface area contributed by atoms with Crippen LogP contribution in [0.4, 0.5) is 8.78 Å². The molecule has 0 fully saturated rings. The first-order chi connectivity index (χ1) is 11.1. The highest BCUT2D eigenvalue weighted by Crippen LogP contribution is 2.28. The van der Waals surface area contributed by atoms with Crippen LogP contribution in [0.3, 0.4) is 0 Å². The van der Waals surface area contributed by atoms with Crippen LogP contribution in [0.1, 0.15) is 11.1 Å². The van der Waals surface area contributed by atoms with Gasteiger partial charge in [-0.05, 0) is 35.4 Å². The van der Waals surface area contributed by atoms with Crippen LogP contribution >= 0.6 is 0 Å². The monoisotopic (exact) mass is 323 g/mol. The average molecular weight is 323 g/mol. The summed E-state index contributed by atoms with van der Waals surface area (Å²) >= 11 is 0. The molecule has 0 amide bonds. The molecule has 2 N–H and O–H groups in total. The van der Waals surface area contributed by atoms with Gasteiger partial charge in [0, 0.05) is 19.2 Å². The van der Waals surface area contributed by atoms with E-state index < -0.39 is 11.6 Å². The minimum Gasteiger partial charge on any atom is -0.493 e. The molecule has 0 saturated carbocycles. The summed E-state index contributed by atoms with van der Waals surface area (Å²) in [6, 6.07) is 8.86. The number of aliphatic hydroxyl groups is 1. The van der Waals surface area contributed by atoms with Crippen molar-refractivity contribution in [3.63, 3.8) is 0 Å². The zero-order valence-electron chi connectivity index (χ0n) is 12.8. The minimum absolute atomic E-state index is 0.0728. The molecule has 0 aliphatic carbocycles. The van der Waals surface area contributed by atoms with Gasteiger partial charge in [-0.3, -0.25) is 0 Å². The van der Waals surface area contributed by atoms with Crippen molar-refractivity contribution in [1.29, 1.82) is 0 Å². The van der Waals surface area contributed by atoms with Gasteiger partial charge >= 0.3 is 0 Å². The van der Waals surface area contributed by atoms with Gasteiger partial charge in [-0.25, -0.2) is 8.78 Å². The lowest BCUT2D eigenvalue weighted by atomic mass is 10.1. The normalized spacial score (nSPS) is 10.6. The molecule has 0 saturated heterocycles. The number of halogens is 2. The van der Waals surface area contributed by atoms with Crippen molar-refractivity contribution in [2.24, 2.45) is 0 Å². The fourth-order valence-electron chi connectivity index (χ4n) is 2.16. The number of benzene rings is 2. The van der Waals surface area contributed by atoms with Crippen LogP contribution in [0.25, 0.3) is 0 Å². The fraction of sp³-hybridized carbons (Fsp3) is 0.294. The second kappa shape index (κ2) is 8.45. The molecule has 2 aromatic carbocycles. The third kappa shape index (κ3) is 5.19. The van der Waals surface area contributed by atoms with Crippen molar-refractivity contribution >= 4 is 0 Å². The van der Waals surface area contributed by atoms with E-state index in [1.165, 1.54) is 19.2 Å². The molecule has 0 radical (unpaired) electrons. The molecule has 0 aliphatic rings. The Kier molecular flexibility index (Phi) is 6.31. The van der Waals surface area contributed by atoms with E-state index in [0.29, 0.717) is 30.2 Å². The maximum absolute atomic E-state index is 13.1. The van der Waals surface area contributed by atoms with Crippen LogP contribution in [-0.4, -0.2) is 25.4 Å². The Bertz CT molecular complexity index is 629. The van der Waals surface area contributed by atoms with E-state index in [1.54, 1.807) is 6.07 Å². The second-order valence-electron chi connectivity index (χ2n) is 4.94. The third-order valence-corrected chi connectivity index (χ3v) is 3.16. The fourth-order valence-corrected chi connectivity index (χ4v) is 2.16. The van der Waals surface area contributed by atoms with Gasteiger partial charge in [0.25, 0.3) is 0 Å². The summed E-state index contributed by atoms with van der Waals surface area (Å²) in [5.74, 6) is -0.0604. The summed E-state index contributed by atoms with van der Waals surface area (Å²) < 4.78 is 36.8. The minimum atomic E-state index is -0.589. The van der Waals surface area contributed by atoms with Crippen LogP contribution in [0, 0.1) is 11.6 Å². The Morgan fingerprint density at radius 3 is 2.30 bits per heavy atom. The maximum atomic E-state index is 13.1. The SMILES string of the molecule is COc1cc(CNCc2cc(F)cc(F)c2)ccc1OCCO. The lowest BCUT2D eigenvalue weighted by molar-refractivity contribution is 0.196. The molecule has 2 aromatic rings. The summed E-state index contributed by atoms with van der Waals surface area (Å²) in [7, 11) is 1.54. The Balaban J connectivity index is 1.95. The lowest BCUT2D eigenvalue weighted by Crippen LogP contribution is -2.13. The van der Waals surface area contributed by atoms with Crippen molar-refractivity contribution in [2.45, 2.75) is 13.1 Å². The molecule has 0 atom stereocenters. The summed E-state index contributed by atoms with van der Waals surface area (Å²) in [5.41, 5.74) is 1.48. The first kappa shape index (κ1) is 17.2. The predicted molar refractivity (Wildman–Crippen MR) is 82.5 cm³/mol. The molecule has 4 nitrogen and oxygen atoms in total. The van der Waals surface area contributed by atoms with E-state index in [2.05, 4.69) is 5.32 Å². The maximum Gasteiger partial charge on any atom is 0.161 e. The summed E-state index contributed by atoms with van der Waals surface area (Å²) in [6.45, 7) is 0.976. The van der Waals surface area contributed by atoms with Gasteiger partial charge in [-0.2, -0.15) is 0 Å². The topological polar surface area (TPSA) is 50.7 Å². The number of aliphatic hydroxyl groups excluding tert-OH is 1. The summed E-state index contributed by atoms with van der Waals surface area (Å²) in [4.78, 5) is 0. The standard InChI is InChI=1S/C17H19F2NO3/c1-22-17-8-12(2-3-16(17)23-5-4-21)10-20-11-13-6-14(18)9-15(19)7-13/h2-3,6-9,20-21H,4-5,10-11H2,1H3. The largest absolute Gasteiger partial charge is 0.493 e. The highest BCUT2D eigenvalue weighted by atomic mass is 19.1. The third-order valence-electron chi connectivity index (χ3n) is 3.16. The van der Waals surface area contributed by atoms with E-state index in [4.69, 9.17) is 14.6 Å². The van der Waals surface area contributed by atoms with Crippen LogP contribution in [0.15, 0.2) is 36.4 Å². The number of hydrogen-bond donors (Lipinski definition) is 2. The molecular formula is C17H19F2NO3. The van der Waals surface area contributed by atoms with Crippen molar-refractivity contribution in [1.82, 2.24) is 5.32 Å². The molecular weight excluding hydrogens is 304 g/mol. The highest BCUT2D eigenvalue weighted by Gasteiger charge is 2.06. The van der Waals surface area contributed by atoms with Gasteiger partial charge in [0.1, 0.15) is 18.2 Å². The number of hydrogen-bond acceptors (Lipinski definition) is 4. The zero-order chi connectivity index (χ0) is 16.7. The van der Waals surface area contributed by atoms with E-state index in [0.717, 1.165) is 11.6 Å². The Morgan fingerprint density at radius 1 is 0.957 bits per heavy atom. The number of methoxy groups -OCH3 is 1. The number of rotatable bonds is 8. The molecule has 2 rings (SSSR count). The zero-order valence-corrected chi connectivity index (χ0v) is 12.8. The molecule has 124 valence electrons. The van der Waals surface area contributed by atoms with Crippen LogP contribution in [0.5, 0.6) is 11.5 Å². The van der Waals surface area contributed by atoms with Crippen LogP contribution in [0.2, 0.25) is 0 Å². The van der Waals surface area contributed by atoms with Gasteiger partial charge in [0.2, 0.25) is 0 Å².